The van der Waals surface area contributed by atoms with Gasteiger partial charge in [0, 0.05) is 11.6 Å². The smallest absolute Gasteiger partial charge is 0.336 e. The summed E-state index contributed by atoms with van der Waals surface area (Å²) in [4.78, 5) is 15.6. The average Bonchev–Trinajstić information content (AvgIpc) is 2.26. The first-order valence-corrected chi connectivity index (χ1v) is 5.25. The van der Waals surface area contributed by atoms with Crippen LogP contribution in [0.4, 0.5) is 0 Å². The summed E-state index contributed by atoms with van der Waals surface area (Å²) in [7, 11) is 0. The van der Waals surface area contributed by atoms with Crippen molar-refractivity contribution in [3.8, 4) is 0 Å². The summed E-state index contributed by atoms with van der Waals surface area (Å²) in [5, 5.41) is 9.99. The van der Waals surface area contributed by atoms with E-state index in [1.165, 1.54) is 0 Å². The lowest BCUT2D eigenvalue weighted by Gasteiger charge is -2.07. The van der Waals surface area contributed by atoms with Crippen LogP contribution in [0, 0.1) is 6.92 Å². The molecule has 3 heteroatoms. The molecule has 1 N–H and O–H groups in total. The summed E-state index contributed by atoms with van der Waals surface area (Å²) in [6.07, 6.45) is 2.33. The lowest BCUT2D eigenvalue weighted by molar-refractivity contribution is 0.0698. The van der Waals surface area contributed by atoms with Gasteiger partial charge in [0.05, 0.1) is 11.1 Å². The first-order valence-electron chi connectivity index (χ1n) is 5.25. The second-order valence-corrected chi connectivity index (χ2v) is 3.84. The van der Waals surface area contributed by atoms with E-state index >= 15 is 0 Å². The zero-order valence-electron chi connectivity index (χ0n) is 9.32. The van der Waals surface area contributed by atoms with E-state index in [0.29, 0.717) is 12.0 Å². The highest BCUT2D eigenvalue weighted by Crippen LogP contribution is 2.22. The number of rotatable bonds is 2. The van der Waals surface area contributed by atoms with Crippen LogP contribution >= 0.6 is 0 Å². The fourth-order valence-electron chi connectivity index (χ4n) is 1.87. The van der Waals surface area contributed by atoms with E-state index in [0.717, 1.165) is 22.0 Å². The summed E-state index contributed by atoms with van der Waals surface area (Å²) in [6.45, 7) is 3.88. The number of nitrogens with zero attached hydrogens (tertiary/aromatic N) is 1. The van der Waals surface area contributed by atoms with Gasteiger partial charge in [0.15, 0.2) is 0 Å². The van der Waals surface area contributed by atoms with Crippen LogP contribution in [-0.2, 0) is 6.42 Å². The minimum atomic E-state index is -0.880. The predicted molar refractivity (Wildman–Crippen MR) is 62.8 cm³/mol. The highest BCUT2D eigenvalue weighted by Gasteiger charge is 2.14. The Kier molecular flexibility index (Phi) is 2.60. The van der Waals surface area contributed by atoms with Crippen molar-refractivity contribution in [2.24, 2.45) is 0 Å². The van der Waals surface area contributed by atoms with Gasteiger partial charge in [-0.3, -0.25) is 4.98 Å². The van der Waals surface area contributed by atoms with Crippen molar-refractivity contribution in [1.29, 1.82) is 0 Å². The van der Waals surface area contributed by atoms with Gasteiger partial charge in [-0.1, -0.05) is 18.6 Å². The first-order chi connectivity index (χ1) is 7.63. The number of fused-ring (bicyclic) bond motifs is 1. The van der Waals surface area contributed by atoms with Gasteiger partial charge in [-0.25, -0.2) is 4.79 Å². The van der Waals surface area contributed by atoms with Crippen molar-refractivity contribution in [2.45, 2.75) is 20.3 Å². The molecule has 0 aliphatic rings. The molecule has 2 aromatic rings. The second kappa shape index (κ2) is 3.93. The number of aromatic nitrogens is 1. The maximum absolute atomic E-state index is 11.3. The summed E-state index contributed by atoms with van der Waals surface area (Å²) >= 11 is 0. The van der Waals surface area contributed by atoms with Gasteiger partial charge in [-0.05, 0) is 31.0 Å². The van der Waals surface area contributed by atoms with Gasteiger partial charge in [-0.2, -0.15) is 0 Å². The van der Waals surface area contributed by atoms with E-state index in [2.05, 4.69) is 4.98 Å². The SMILES string of the molecule is CCc1cnc2ccc(C)cc2c1C(=O)O. The molecule has 0 fully saturated rings. The van der Waals surface area contributed by atoms with E-state index in [1.54, 1.807) is 6.20 Å². The molecule has 0 bridgehead atoms. The molecule has 0 atom stereocenters. The van der Waals surface area contributed by atoms with Crippen molar-refractivity contribution in [1.82, 2.24) is 4.98 Å². The number of pyridine rings is 1. The summed E-state index contributed by atoms with van der Waals surface area (Å²) < 4.78 is 0. The average molecular weight is 215 g/mol. The van der Waals surface area contributed by atoms with Gasteiger partial charge in [0.2, 0.25) is 0 Å². The molecule has 1 aromatic heterocycles. The van der Waals surface area contributed by atoms with E-state index in [1.807, 2.05) is 32.0 Å². The van der Waals surface area contributed by atoms with Crippen LogP contribution < -0.4 is 0 Å². The number of hydrogen-bond acceptors (Lipinski definition) is 2. The predicted octanol–water partition coefficient (Wildman–Crippen LogP) is 2.80. The molecule has 2 rings (SSSR count). The third-order valence-corrected chi connectivity index (χ3v) is 2.70. The Bertz CT molecular complexity index is 561. The maximum atomic E-state index is 11.3. The zero-order chi connectivity index (χ0) is 11.7. The topological polar surface area (TPSA) is 50.2 Å². The molecule has 0 saturated heterocycles. The van der Waals surface area contributed by atoms with Crippen LogP contribution in [0.5, 0.6) is 0 Å². The number of hydrogen-bond donors (Lipinski definition) is 1. The number of carbonyl (C=O) groups is 1. The standard InChI is InChI=1S/C13H13NO2/c1-3-9-7-14-11-5-4-8(2)6-10(11)12(9)13(15)16/h4-7H,3H2,1-2H3,(H,15,16). The third-order valence-electron chi connectivity index (χ3n) is 2.70. The monoisotopic (exact) mass is 215 g/mol. The van der Waals surface area contributed by atoms with Crippen molar-refractivity contribution >= 4 is 16.9 Å². The van der Waals surface area contributed by atoms with Crippen molar-refractivity contribution < 1.29 is 9.90 Å². The molecule has 82 valence electrons. The van der Waals surface area contributed by atoms with E-state index in [4.69, 9.17) is 0 Å². The van der Waals surface area contributed by atoms with Crippen molar-refractivity contribution in [3.63, 3.8) is 0 Å². The number of aryl methyl sites for hydroxylation is 2. The Morgan fingerprint density at radius 1 is 1.44 bits per heavy atom. The summed E-state index contributed by atoms with van der Waals surface area (Å²) in [5.41, 5.74) is 2.95. The Balaban J connectivity index is 2.87. The quantitative estimate of drug-likeness (QED) is 0.838. The molecule has 0 aliphatic carbocycles. The van der Waals surface area contributed by atoms with Crippen LogP contribution in [0.3, 0.4) is 0 Å². The van der Waals surface area contributed by atoms with Gasteiger partial charge in [0.1, 0.15) is 0 Å². The number of benzene rings is 1. The summed E-state index contributed by atoms with van der Waals surface area (Å²) in [5.74, 6) is -0.880. The van der Waals surface area contributed by atoms with Gasteiger partial charge >= 0.3 is 5.97 Å². The molecule has 0 amide bonds. The van der Waals surface area contributed by atoms with E-state index in [-0.39, 0.29) is 0 Å². The summed E-state index contributed by atoms with van der Waals surface area (Å²) in [6, 6.07) is 5.67. The van der Waals surface area contributed by atoms with Gasteiger partial charge in [0.25, 0.3) is 0 Å². The fraction of sp³-hybridized carbons (Fsp3) is 0.231. The van der Waals surface area contributed by atoms with E-state index in [9.17, 15) is 9.90 Å². The molecule has 1 heterocycles. The Morgan fingerprint density at radius 2 is 2.19 bits per heavy atom. The largest absolute Gasteiger partial charge is 0.478 e. The Labute approximate surface area is 93.7 Å². The normalized spacial score (nSPS) is 10.6. The fourth-order valence-corrected chi connectivity index (χ4v) is 1.87. The van der Waals surface area contributed by atoms with Crippen molar-refractivity contribution in [2.75, 3.05) is 0 Å². The zero-order valence-corrected chi connectivity index (χ0v) is 9.32. The number of carboxylic acid groups (broad SMARTS) is 1. The highest BCUT2D eigenvalue weighted by atomic mass is 16.4. The second-order valence-electron chi connectivity index (χ2n) is 3.84. The third kappa shape index (κ3) is 1.65. The highest BCUT2D eigenvalue weighted by molar-refractivity contribution is 6.03. The maximum Gasteiger partial charge on any atom is 0.336 e. The van der Waals surface area contributed by atoms with Crippen LogP contribution in [0.25, 0.3) is 10.9 Å². The van der Waals surface area contributed by atoms with Crippen LogP contribution in [0.2, 0.25) is 0 Å². The molecule has 0 unspecified atom stereocenters. The minimum absolute atomic E-state index is 0.385. The first kappa shape index (κ1) is 10.6. The molecule has 1 aromatic carbocycles. The van der Waals surface area contributed by atoms with Gasteiger partial charge in [-0.15, -0.1) is 0 Å². The Hall–Kier alpha value is -1.90. The molecular formula is C13H13NO2. The van der Waals surface area contributed by atoms with E-state index < -0.39 is 5.97 Å². The van der Waals surface area contributed by atoms with Crippen LogP contribution in [0.1, 0.15) is 28.4 Å². The molecule has 0 radical (unpaired) electrons. The number of aromatic carboxylic acids is 1. The molecule has 0 spiro atoms. The van der Waals surface area contributed by atoms with Crippen LogP contribution in [0.15, 0.2) is 24.4 Å². The number of carboxylic acids is 1. The van der Waals surface area contributed by atoms with Crippen molar-refractivity contribution in [3.05, 3.63) is 41.1 Å². The van der Waals surface area contributed by atoms with Gasteiger partial charge < -0.3 is 5.11 Å². The minimum Gasteiger partial charge on any atom is -0.478 e. The molecular weight excluding hydrogens is 202 g/mol. The molecule has 0 aliphatic heterocycles. The molecule has 16 heavy (non-hydrogen) atoms. The Morgan fingerprint density at radius 3 is 2.81 bits per heavy atom. The lowest BCUT2D eigenvalue weighted by atomic mass is 10.0. The lowest BCUT2D eigenvalue weighted by Crippen LogP contribution is -2.04. The van der Waals surface area contributed by atoms with Crippen LogP contribution in [-0.4, -0.2) is 16.1 Å². The molecule has 3 nitrogen and oxygen atoms in total. The molecule has 0 saturated carbocycles.